The molecular formula is C17H23NO8S. The quantitative estimate of drug-likeness (QED) is 0.448. The largest absolute Gasteiger partial charge is 0.465 e. The lowest BCUT2D eigenvalue weighted by Gasteiger charge is -2.21. The van der Waals surface area contributed by atoms with Crippen molar-refractivity contribution in [2.24, 2.45) is 0 Å². The number of benzene rings is 1. The van der Waals surface area contributed by atoms with Crippen molar-refractivity contribution in [2.45, 2.75) is 25.2 Å². The molecule has 1 aromatic carbocycles. The summed E-state index contributed by atoms with van der Waals surface area (Å²) >= 11 is 0. The van der Waals surface area contributed by atoms with Gasteiger partial charge in [0.15, 0.2) is 0 Å². The van der Waals surface area contributed by atoms with Crippen LogP contribution in [0.5, 0.6) is 0 Å². The topological polar surface area (TPSA) is 116 Å². The maximum atomic E-state index is 13.0. The summed E-state index contributed by atoms with van der Waals surface area (Å²) in [5.74, 6) is -2.33. The van der Waals surface area contributed by atoms with Crippen LogP contribution in [0, 0.1) is 0 Å². The van der Waals surface area contributed by atoms with E-state index in [0.717, 1.165) is 30.7 Å². The number of rotatable bonds is 9. The van der Waals surface area contributed by atoms with E-state index in [1.54, 1.807) is 13.8 Å². The number of ether oxygens (including phenoxy) is 3. The average molecular weight is 401 g/mol. The standard InChI is InChI=1S/C17H23NO8S/c1-5-7-18(11-15(19)26-6-2)27(22,23)14-9-12(16(20)24-3)8-13(10-14)17(21)25-4/h8-10H,5-7,11H2,1-4H3. The van der Waals surface area contributed by atoms with Crippen molar-refractivity contribution in [3.63, 3.8) is 0 Å². The molecule has 0 aliphatic rings. The van der Waals surface area contributed by atoms with Gasteiger partial charge in [0, 0.05) is 6.54 Å². The summed E-state index contributed by atoms with van der Waals surface area (Å²) in [6.45, 7) is 3.04. The Morgan fingerprint density at radius 2 is 1.48 bits per heavy atom. The van der Waals surface area contributed by atoms with Crippen molar-refractivity contribution in [3.05, 3.63) is 29.3 Å². The van der Waals surface area contributed by atoms with Crippen LogP contribution in [0.15, 0.2) is 23.1 Å². The maximum absolute atomic E-state index is 13.0. The summed E-state index contributed by atoms with van der Waals surface area (Å²) in [5.41, 5.74) is -0.266. The zero-order chi connectivity index (χ0) is 20.6. The first-order chi connectivity index (χ1) is 12.7. The molecular weight excluding hydrogens is 378 g/mol. The van der Waals surface area contributed by atoms with E-state index in [0.29, 0.717) is 6.42 Å². The van der Waals surface area contributed by atoms with Gasteiger partial charge in [0.1, 0.15) is 6.54 Å². The Hall–Kier alpha value is -2.46. The predicted molar refractivity (Wildman–Crippen MR) is 94.8 cm³/mol. The van der Waals surface area contributed by atoms with Crippen LogP contribution in [0.25, 0.3) is 0 Å². The highest BCUT2D eigenvalue weighted by molar-refractivity contribution is 7.89. The van der Waals surface area contributed by atoms with Gasteiger partial charge in [-0.15, -0.1) is 0 Å². The minimum absolute atomic E-state index is 0.0527. The highest BCUT2D eigenvalue weighted by Gasteiger charge is 2.29. The molecule has 0 spiro atoms. The lowest BCUT2D eigenvalue weighted by atomic mass is 10.1. The highest BCUT2D eigenvalue weighted by atomic mass is 32.2. The second kappa shape index (κ2) is 10.0. The van der Waals surface area contributed by atoms with Gasteiger partial charge in [0.2, 0.25) is 10.0 Å². The van der Waals surface area contributed by atoms with Crippen LogP contribution < -0.4 is 0 Å². The number of esters is 3. The Morgan fingerprint density at radius 3 is 1.89 bits per heavy atom. The first kappa shape index (κ1) is 22.6. The van der Waals surface area contributed by atoms with Crippen molar-refractivity contribution in [3.8, 4) is 0 Å². The third kappa shape index (κ3) is 5.76. The minimum Gasteiger partial charge on any atom is -0.465 e. The van der Waals surface area contributed by atoms with E-state index in [1.807, 2.05) is 0 Å². The van der Waals surface area contributed by atoms with E-state index in [-0.39, 0.29) is 29.2 Å². The van der Waals surface area contributed by atoms with Gasteiger partial charge in [-0.1, -0.05) is 6.92 Å². The van der Waals surface area contributed by atoms with Crippen LogP contribution in [0.3, 0.4) is 0 Å². The van der Waals surface area contributed by atoms with Gasteiger partial charge in [-0.05, 0) is 31.5 Å². The molecule has 0 aliphatic carbocycles. The SMILES string of the molecule is CCCN(CC(=O)OCC)S(=O)(=O)c1cc(C(=O)OC)cc(C(=O)OC)c1. The first-order valence-corrected chi connectivity index (χ1v) is 9.62. The molecule has 0 N–H and O–H groups in total. The van der Waals surface area contributed by atoms with Crippen molar-refractivity contribution >= 4 is 27.9 Å². The molecule has 27 heavy (non-hydrogen) atoms. The molecule has 9 nitrogen and oxygen atoms in total. The summed E-state index contributed by atoms with van der Waals surface area (Å²) < 4.78 is 41.0. The van der Waals surface area contributed by atoms with Crippen molar-refractivity contribution < 1.29 is 37.0 Å². The summed E-state index contributed by atoms with van der Waals surface area (Å²) in [4.78, 5) is 35.2. The number of hydrogen-bond donors (Lipinski definition) is 0. The van der Waals surface area contributed by atoms with Crippen LogP contribution in [0.4, 0.5) is 0 Å². The predicted octanol–water partition coefficient (Wildman–Crippen LogP) is 1.22. The summed E-state index contributed by atoms with van der Waals surface area (Å²) in [6, 6.07) is 3.34. The van der Waals surface area contributed by atoms with E-state index in [9.17, 15) is 22.8 Å². The number of nitrogens with zero attached hydrogens (tertiary/aromatic N) is 1. The molecule has 0 amide bonds. The van der Waals surface area contributed by atoms with Crippen LogP contribution in [0.2, 0.25) is 0 Å². The molecule has 0 aliphatic heterocycles. The summed E-state index contributed by atoms with van der Waals surface area (Å²) in [5, 5.41) is 0. The van der Waals surface area contributed by atoms with E-state index in [4.69, 9.17) is 4.74 Å². The van der Waals surface area contributed by atoms with Gasteiger partial charge in [0.25, 0.3) is 0 Å². The zero-order valence-electron chi connectivity index (χ0n) is 15.7. The van der Waals surface area contributed by atoms with E-state index in [1.165, 1.54) is 6.07 Å². The van der Waals surface area contributed by atoms with Gasteiger partial charge < -0.3 is 14.2 Å². The molecule has 0 heterocycles. The van der Waals surface area contributed by atoms with Crippen molar-refractivity contribution in [2.75, 3.05) is 33.9 Å². The molecule has 0 bridgehead atoms. The van der Waals surface area contributed by atoms with E-state index < -0.39 is 34.5 Å². The molecule has 0 saturated heterocycles. The number of methoxy groups -OCH3 is 2. The molecule has 0 saturated carbocycles. The smallest absolute Gasteiger partial charge is 0.337 e. The van der Waals surface area contributed by atoms with Crippen LogP contribution >= 0.6 is 0 Å². The van der Waals surface area contributed by atoms with Crippen molar-refractivity contribution in [1.82, 2.24) is 4.31 Å². The zero-order valence-corrected chi connectivity index (χ0v) is 16.5. The van der Waals surface area contributed by atoms with Gasteiger partial charge in [-0.3, -0.25) is 4.79 Å². The number of sulfonamides is 1. The molecule has 1 rings (SSSR count). The van der Waals surface area contributed by atoms with Crippen LogP contribution in [0.1, 0.15) is 41.0 Å². The highest BCUT2D eigenvalue weighted by Crippen LogP contribution is 2.21. The van der Waals surface area contributed by atoms with Gasteiger partial charge in [-0.25, -0.2) is 18.0 Å². The van der Waals surface area contributed by atoms with Gasteiger partial charge in [-0.2, -0.15) is 4.31 Å². The first-order valence-electron chi connectivity index (χ1n) is 8.18. The molecule has 0 radical (unpaired) electrons. The van der Waals surface area contributed by atoms with Crippen LogP contribution in [-0.4, -0.2) is 64.5 Å². The second-order valence-corrected chi connectivity index (χ2v) is 7.31. The number of carbonyl (C=O) groups is 3. The lowest BCUT2D eigenvalue weighted by Crippen LogP contribution is -2.37. The normalized spacial score (nSPS) is 11.1. The van der Waals surface area contributed by atoms with Gasteiger partial charge in [0.05, 0.1) is 36.8 Å². The molecule has 0 fully saturated rings. The molecule has 0 atom stereocenters. The molecule has 1 aromatic rings. The Balaban J connectivity index is 3.45. The third-order valence-corrected chi connectivity index (χ3v) is 5.29. The fourth-order valence-corrected chi connectivity index (χ4v) is 3.80. The molecule has 10 heteroatoms. The average Bonchev–Trinajstić information content (AvgIpc) is 2.66. The maximum Gasteiger partial charge on any atom is 0.337 e. The minimum atomic E-state index is -4.19. The monoisotopic (exact) mass is 401 g/mol. The third-order valence-electron chi connectivity index (χ3n) is 3.47. The molecule has 0 unspecified atom stereocenters. The molecule has 0 aromatic heterocycles. The van der Waals surface area contributed by atoms with Gasteiger partial charge >= 0.3 is 17.9 Å². The van der Waals surface area contributed by atoms with Crippen LogP contribution in [-0.2, 0) is 29.0 Å². The summed E-state index contributed by atoms with van der Waals surface area (Å²) in [6.07, 6.45) is 0.444. The van der Waals surface area contributed by atoms with E-state index in [2.05, 4.69) is 9.47 Å². The Labute approximate surface area is 158 Å². The fraction of sp³-hybridized carbons (Fsp3) is 0.471. The lowest BCUT2D eigenvalue weighted by molar-refractivity contribution is -0.143. The fourth-order valence-electron chi connectivity index (χ4n) is 2.25. The second-order valence-electron chi connectivity index (χ2n) is 5.37. The van der Waals surface area contributed by atoms with E-state index >= 15 is 0 Å². The Morgan fingerprint density at radius 1 is 0.963 bits per heavy atom. The summed E-state index contributed by atoms with van der Waals surface area (Å²) in [7, 11) is -1.93. The van der Waals surface area contributed by atoms with Crippen molar-refractivity contribution in [1.29, 1.82) is 0 Å². The Bertz CT molecular complexity index is 769. The number of hydrogen-bond acceptors (Lipinski definition) is 8. The molecule has 150 valence electrons. The number of carbonyl (C=O) groups excluding carboxylic acids is 3. The Kier molecular flexibility index (Phi) is 8.38.